The second-order valence-electron chi connectivity index (χ2n) is 26.4. The zero-order valence-electron chi connectivity index (χ0n) is 53.5. The fraction of sp³-hybridized carbons (Fsp3) is 0.733. The largest absolute Gasteiger partial charge is 0.462 e. The molecule has 12 fully saturated rings. The monoisotopic (exact) mass is 1440 g/mol. The number of ether oxygens (including phenoxy) is 8. The van der Waals surface area contributed by atoms with Crippen molar-refractivity contribution in [2.45, 2.75) is 142 Å². The van der Waals surface area contributed by atoms with Crippen LogP contribution in [0.1, 0.15) is 72.6 Å². The zero-order chi connectivity index (χ0) is 70.1. The lowest BCUT2D eigenvalue weighted by atomic mass is 9.82. The van der Waals surface area contributed by atoms with E-state index in [4.69, 9.17) is 54.6 Å². The highest BCUT2D eigenvalue weighted by molar-refractivity contribution is 7.88. The highest BCUT2D eigenvalue weighted by Gasteiger charge is 2.73. The van der Waals surface area contributed by atoms with Gasteiger partial charge in [0.1, 0.15) is 76.5 Å². The summed E-state index contributed by atoms with van der Waals surface area (Å²) in [4.78, 5) is 89.4. The van der Waals surface area contributed by atoms with Crippen molar-refractivity contribution in [3.05, 3.63) is 50.6 Å². The summed E-state index contributed by atoms with van der Waals surface area (Å²) in [6, 6.07) is 0. The van der Waals surface area contributed by atoms with Crippen LogP contribution in [0, 0.1) is 52.3 Å². The number of rotatable bonds is 28. The van der Waals surface area contributed by atoms with Gasteiger partial charge in [0.15, 0.2) is 0 Å². The first-order valence-corrected chi connectivity index (χ1v) is 37.5. The minimum Gasteiger partial charge on any atom is -0.462 e. The van der Waals surface area contributed by atoms with Crippen LogP contribution in [0.4, 0.5) is 0 Å². The fourth-order valence-corrected chi connectivity index (χ4v) is 25.0. The van der Waals surface area contributed by atoms with Crippen LogP contribution < -0.4 is 21.3 Å². The smallest absolute Gasteiger partial charge is 0.325 e. The summed E-state index contributed by atoms with van der Waals surface area (Å²) < 4.78 is 160. The molecule has 4 amide bonds. The molecule has 0 aromatic rings. The van der Waals surface area contributed by atoms with Gasteiger partial charge in [-0.3, -0.25) is 55.1 Å². The lowest BCUT2D eigenvalue weighted by molar-refractivity contribution is -0.148. The normalized spacial score (nSPS) is 38.0. The molecular weight excluding hydrogens is 1350 g/mol. The van der Waals surface area contributed by atoms with Crippen LogP contribution in [0.2, 0.25) is 0 Å². The number of carbonyl (C=O) groups is 8. The molecular formula is C60H84N4O28S4. The van der Waals surface area contributed by atoms with Gasteiger partial charge in [-0.25, -0.2) is 0 Å². The summed E-state index contributed by atoms with van der Waals surface area (Å²) >= 11 is 0. The van der Waals surface area contributed by atoms with Crippen molar-refractivity contribution in [2.75, 3.05) is 79.0 Å². The van der Waals surface area contributed by atoms with Crippen molar-refractivity contribution in [3.8, 4) is 0 Å². The van der Waals surface area contributed by atoms with Crippen LogP contribution in [0.5, 0.6) is 0 Å². The molecule has 36 heteroatoms. The average Bonchev–Trinajstić information content (AvgIpc) is 1.71. The van der Waals surface area contributed by atoms with E-state index in [0.29, 0.717) is 19.3 Å². The minimum absolute atomic E-state index is 0.00154. The third-order valence-corrected chi connectivity index (χ3v) is 28.1. The van der Waals surface area contributed by atoms with Gasteiger partial charge in [0.25, 0.3) is 40.5 Å². The van der Waals surface area contributed by atoms with Crippen LogP contribution >= 0.6 is 0 Å². The summed E-state index contributed by atoms with van der Waals surface area (Å²) in [5.41, 5.74) is -1.40. The summed E-state index contributed by atoms with van der Waals surface area (Å²) in [7, 11) is -14.0. The van der Waals surface area contributed by atoms with E-state index in [1.54, 1.807) is 6.92 Å². The van der Waals surface area contributed by atoms with Gasteiger partial charge in [-0.05, 0) is 105 Å². The second kappa shape index (κ2) is 29.6. The summed E-state index contributed by atoms with van der Waals surface area (Å²) in [6.45, 7) is 20.6. The molecule has 4 saturated heterocycles. The van der Waals surface area contributed by atoms with E-state index in [1.165, 1.54) is 0 Å². The zero-order valence-corrected chi connectivity index (χ0v) is 56.8. The van der Waals surface area contributed by atoms with Gasteiger partial charge < -0.3 is 59.2 Å². The molecule has 4 aliphatic heterocycles. The SMILES string of the molecule is C=CC(=O)NCC(=O)OCCOC1C2CC3C(C)(C2)C1OS3(=O)=O.C=CC(=O)NCC(=O)OCCOC1C2CC3C(C2)S(=O)(=O)OC31C.C=CC(=O)NCC(=O)OCCOC1C2CC3C1OS(=O)(=O)C3C2C.C=CC(=O)NCC(=O)OCCOC1C2OS(=O)(=O)C3CC1(C)CC23. The first kappa shape index (κ1) is 74.4. The Balaban J connectivity index is 0.000000150. The Kier molecular flexibility index (Phi) is 22.9. The van der Waals surface area contributed by atoms with Gasteiger partial charge in [0, 0.05) is 23.2 Å². The summed E-state index contributed by atoms with van der Waals surface area (Å²) in [5, 5.41) is 7.62. The molecule has 0 aromatic heterocycles. The Labute approximate surface area is 557 Å². The maximum Gasteiger partial charge on any atom is 0.325 e. The second-order valence-corrected chi connectivity index (χ2v) is 33.4. The van der Waals surface area contributed by atoms with Gasteiger partial charge in [-0.2, -0.15) is 33.7 Å². The molecule has 32 nitrogen and oxygen atoms in total. The van der Waals surface area contributed by atoms with Crippen LogP contribution in [-0.4, -0.2) is 230 Å². The molecule has 21 unspecified atom stereocenters. The van der Waals surface area contributed by atoms with Crippen LogP contribution in [0.15, 0.2) is 50.6 Å². The Hall–Kier alpha value is -5.80. The number of nitrogens with one attached hydrogen (secondary N) is 4. The molecule has 12 aliphatic rings. The quantitative estimate of drug-likeness (QED) is 0.0236. The van der Waals surface area contributed by atoms with E-state index in [9.17, 15) is 72.0 Å². The standard InChI is InChI=1S/4C15H21NO7S/c1-3-11(17)16-8-12(18)21-4-5-22-14-13-9-6-15(14,2)7-10(9)24(19,20)23-13;1-3-12(17)16-8-13(18)21-4-5-22-14-9-6-10-11(7-9)24(19,20)23-15(10,14)2;1-3-11(17)16-8-12(18)21-4-5-22-13-9-6-10-15(2,7-9)14(13)23-24(10,19)20;1-3-11(17)16-7-12(18)21-4-5-22-13-9-6-10-14(13)23-24(19,20)15(10)8(9)2/h3,9-10,13-14H,1,4-8H2,2H3,(H,16,17);3,9-11,14H,1,4-8H2,2H3,(H,16,17);3,9-10,13-14H,1,4-8H2,2H3,(H,16,17);3,8-10,13-15H,1,4-7H2,2H3,(H,16,17). The van der Waals surface area contributed by atoms with Gasteiger partial charge in [-0.15, -0.1) is 0 Å². The van der Waals surface area contributed by atoms with Crippen molar-refractivity contribution >= 4 is 88.0 Å². The summed E-state index contributed by atoms with van der Waals surface area (Å²) in [5.74, 6) is -3.63. The Morgan fingerprint density at radius 2 is 0.938 bits per heavy atom. The molecule has 4 N–H and O–H groups in total. The van der Waals surface area contributed by atoms with Crippen LogP contribution in [0.25, 0.3) is 0 Å². The third kappa shape index (κ3) is 15.5. The maximum atomic E-state index is 12.0. The number of hydrogen-bond donors (Lipinski definition) is 4. The number of hydrogen-bond acceptors (Lipinski definition) is 28. The predicted octanol–water partition coefficient (Wildman–Crippen LogP) is -1.17. The molecule has 8 bridgehead atoms. The molecule has 12 rings (SSSR count). The van der Waals surface area contributed by atoms with Crippen LogP contribution in [-0.2, 0) is 133 Å². The predicted molar refractivity (Wildman–Crippen MR) is 329 cm³/mol. The fourth-order valence-electron chi connectivity index (χ4n) is 16.7. The average molecular weight is 1440 g/mol. The first-order chi connectivity index (χ1) is 45.2. The molecule has 0 spiro atoms. The molecule has 536 valence electrons. The van der Waals surface area contributed by atoms with Gasteiger partial charge in [0.2, 0.25) is 23.6 Å². The third-order valence-electron chi connectivity index (χ3n) is 20.6. The number of amides is 4. The van der Waals surface area contributed by atoms with Gasteiger partial charge in [-0.1, -0.05) is 47.1 Å². The molecule has 8 aliphatic carbocycles. The number of carbonyl (C=O) groups excluding carboxylic acids is 8. The molecule has 0 aromatic carbocycles. The molecule has 4 heterocycles. The lowest BCUT2D eigenvalue weighted by Gasteiger charge is -2.33. The van der Waals surface area contributed by atoms with Crippen LogP contribution in [0.3, 0.4) is 0 Å². The van der Waals surface area contributed by atoms with E-state index in [0.717, 1.165) is 50.0 Å². The van der Waals surface area contributed by atoms with Crippen molar-refractivity contribution < 1.29 is 127 Å². The lowest BCUT2D eigenvalue weighted by Crippen LogP contribution is -2.46. The van der Waals surface area contributed by atoms with Gasteiger partial charge in [0.05, 0.1) is 71.8 Å². The molecule has 96 heavy (non-hydrogen) atoms. The van der Waals surface area contributed by atoms with Crippen molar-refractivity contribution in [1.82, 2.24) is 21.3 Å². The Bertz CT molecular complexity index is 3420. The first-order valence-electron chi connectivity index (χ1n) is 31.6. The number of fused-ring (bicyclic) bond motifs is 4. The Morgan fingerprint density at radius 3 is 1.44 bits per heavy atom. The maximum absolute atomic E-state index is 12.0. The summed E-state index contributed by atoms with van der Waals surface area (Å²) in [6.07, 6.45) is 6.60. The molecule has 8 saturated carbocycles. The van der Waals surface area contributed by atoms with E-state index < -0.39 is 133 Å². The van der Waals surface area contributed by atoms with E-state index in [2.05, 4.69) is 47.6 Å². The van der Waals surface area contributed by atoms with E-state index in [-0.39, 0.29) is 156 Å². The highest BCUT2D eigenvalue weighted by atomic mass is 32.2. The van der Waals surface area contributed by atoms with E-state index in [1.807, 2.05) is 20.8 Å². The molecule has 0 radical (unpaired) electrons. The topological polar surface area (TPSA) is 432 Å². The highest BCUT2D eigenvalue weighted by Crippen LogP contribution is 2.65. The van der Waals surface area contributed by atoms with E-state index >= 15 is 0 Å². The van der Waals surface area contributed by atoms with Crippen molar-refractivity contribution in [1.29, 1.82) is 0 Å². The minimum atomic E-state index is -3.50. The number of esters is 4. The van der Waals surface area contributed by atoms with Crippen molar-refractivity contribution in [2.24, 2.45) is 52.3 Å². The Morgan fingerprint density at radius 1 is 0.469 bits per heavy atom. The van der Waals surface area contributed by atoms with Crippen molar-refractivity contribution in [3.63, 3.8) is 0 Å². The molecule has 21 atom stereocenters. The van der Waals surface area contributed by atoms with Gasteiger partial charge >= 0.3 is 23.9 Å².